The summed E-state index contributed by atoms with van der Waals surface area (Å²) >= 11 is 1.77. The van der Waals surface area contributed by atoms with Crippen molar-refractivity contribution in [1.29, 1.82) is 0 Å². The van der Waals surface area contributed by atoms with E-state index in [0.717, 1.165) is 30.5 Å². The van der Waals surface area contributed by atoms with E-state index in [-0.39, 0.29) is 0 Å². The molecule has 0 saturated heterocycles. The Bertz CT molecular complexity index is 537. The van der Waals surface area contributed by atoms with E-state index in [9.17, 15) is 0 Å². The van der Waals surface area contributed by atoms with Crippen molar-refractivity contribution in [3.8, 4) is 0 Å². The summed E-state index contributed by atoms with van der Waals surface area (Å²) in [6.45, 7) is 8.05. The van der Waals surface area contributed by atoms with Crippen LogP contribution in [0.5, 0.6) is 0 Å². The molecule has 0 fully saturated rings. The lowest BCUT2D eigenvalue weighted by Crippen LogP contribution is -2.19. The van der Waals surface area contributed by atoms with Crippen molar-refractivity contribution in [2.45, 2.75) is 33.2 Å². The first-order valence-electron chi connectivity index (χ1n) is 6.96. The van der Waals surface area contributed by atoms with Crippen molar-refractivity contribution >= 4 is 23.0 Å². The standard InChI is InChI=1S/C15H22N4S/c1-5-16-13-9-14(18-15(17-13)11(2)3)19(4)10-12-7-6-8-20-12/h6-9,11H,5,10H2,1-4H3,(H,16,17,18). The van der Waals surface area contributed by atoms with Gasteiger partial charge >= 0.3 is 0 Å². The van der Waals surface area contributed by atoms with E-state index in [0.29, 0.717) is 5.92 Å². The molecule has 0 spiro atoms. The summed E-state index contributed by atoms with van der Waals surface area (Å²) in [7, 11) is 2.07. The molecule has 2 heterocycles. The van der Waals surface area contributed by atoms with Gasteiger partial charge in [-0.25, -0.2) is 9.97 Å². The van der Waals surface area contributed by atoms with E-state index < -0.39 is 0 Å². The van der Waals surface area contributed by atoms with E-state index in [1.165, 1.54) is 4.88 Å². The van der Waals surface area contributed by atoms with Crippen molar-refractivity contribution in [3.05, 3.63) is 34.3 Å². The van der Waals surface area contributed by atoms with Gasteiger partial charge in [0, 0.05) is 30.5 Å². The quantitative estimate of drug-likeness (QED) is 0.880. The molecule has 0 aliphatic carbocycles. The van der Waals surface area contributed by atoms with Gasteiger partial charge in [0.2, 0.25) is 0 Å². The van der Waals surface area contributed by atoms with Crippen LogP contribution in [0.1, 0.15) is 37.4 Å². The van der Waals surface area contributed by atoms with Gasteiger partial charge in [0.1, 0.15) is 17.5 Å². The van der Waals surface area contributed by atoms with Crippen molar-refractivity contribution in [3.63, 3.8) is 0 Å². The first-order chi connectivity index (χ1) is 9.60. The highest BCUT2D eigenvalue weighted by atomic mass is 32.1. The van der Waals surface area contributed by atoms with E-state index in [4.69, 9.17) is 0 Å². The van der Waals surface area contributed by atoms with Crippen LogP contribution in [-0.4, -0.2) is 23.6 Å². The SMILES string of the molecule is CCNc1cc(N(C)Cc2cccs2)nc(C(C)C)n1. The number of rotatable bonds is 6. The largest absolute Gasteiger partial charge is 0.370 e. The van der Waals surface area contributed by atoms with Crippen molar-refractivity contribution in [2.75, 3.05) is 23.8 Å². The summed E-state index contributed by atoms with van der Waals surface area (Å²) < 4.78 is 0. The molecule has 20 heavy (non-hydrogen) atoms. The molecule has 0 atom stereocenters. The number of thiophene rings is 1. The Labute approximate surface area is 124 Å². The monoisotopic (exact) mass is 290 g/mol. The van der Waals surface area contributed by atoms with Gasteiger partial charge < -0.3 is 10.2 Å². The molecule has 5 heteroatoms. The minimum Gasteiger partial charge on any atom is -0.370 e. The second-order valence-corrected chi connectivity index (χ2v) is 6.12. The number of aromatic nitrogens is 2. The number of anilines is 2. The summed E-state index contributed by atoms with van der Waals surface area (Å²) in [5.41, 5.74) is 0. The molecule has 0 unspecified atom stereocenters. The second-order valence-electron chi connectivity index (χ2n) is 5.09. The van der Waals surface area contributed by atoms with Crippen molar-refractivity contribution < 1.29 is 0 Å². The first kappa shape index (κ1) is 14.8. The summed E-state index contributed by atoms with van der Waals surface area (Å²) in [6.07, 6.45) is 0. The number of hydrogen-bond acceptors (Lipinski definition) is 5. The third-order valence-corrected chi connectivity index (χ3v) is 3.83. The second kappa shape index (κ2) is 6.70. The van der Waals surface area contributed by atoms with E-state index in [2.05, 4.69) is 65.5 Å². The third-order valence-electron chi connectivity index (χ3n) is 2.97. The highest BCUT2D eigenvalue weighted by Crippen LogP contribution is 2.21. The predicted octanol–water partition coefficient (Wildman–Crippen LogP) is 3.73. The predicted molar refractivity (Wildman–Crippen MR) is 86.7 cm³/mol. The van der Waals surface area contributed by atoms with Gasteiger partial charge in [-0.15, -0.1) is 11.3 Å². The Morgan fingerprint density at radius 2 is 2.15 bits per heavy atom. The van der Waals surface area contributed by atoms with Gasteiger partial charge in [0.25, 0.3) is 0 Å². The molecule has 108 valence electrons. The topological polar surface area (TPSA) is 41.0 Å². The van der Waals surface area contributed by atoms with E-state index in [1.807, 2.05) is 6.07 Å². The van der Waals surface area contributed by atoms with Crippen LogP contribution in [0.2, 0.25) is 0 Å². The van der Waals surface area contributed by atoms with Crippen LogP contribution in [0.15, 0.2) is 23.6 Å². The molecule has 1 N–H and O–H groups in total. The zero-order chi connectivity index (χ0) is 14.5. The summed E-state index contributed by atoms with van der Waals surface area (Å²) in [5.74, 6) is 3.08. The number of hydrogen-bond donors (Lipinski definition) is 1. The highest BCUT2D eigenvalue weighted by Gasteiger charge is 2.11. The molecule has 2 aromatic heterocycles. The molecule has 4 nitrogen and oxygen atoms in total. The van der Waals surface area contributed by atoms with Crippen molar-refractivity contribution in [2.24, 2.45) is 0 Å². The van der Waals surface area contributed by atoms with E-state index >= 15 is 0 Å². The fourth-order valence-corrected chi connectivity index (χ4v) is 2.65. The Morgan fingerprint density at radius 3 is 2.75 bits per heavy atom. The van der Waals surface area contributed by atoms with Crippen LogP contribution in [0, 0.1) is 0 Å². The van der Waals surface area contributed by atoms with Gasteiger partial charge in [-0.1, -0.05) is 19.9 Å². The summed E-state index contributed by atoms with van der Waals surface area (Å²) in [4.78, 5) is 12.7. The minimum absolute atomic E-state index is 0.322. The van der Waals surface area contributed by atoms with Crippen LogP contribution in [0.3, 0.4) is 0 Å². The third kappa shape index (κ3) is 3.70. The van der Waals surface area contributed by atoms with Crippen molar-refractivity contribution in [1.82, 2.24) is 9.97 Å². The summed E-state index contributed by atoms with van der Waals surface area (Å²) in [6, 6.07) is 6.25. The lowest BCUT2D eigenvalue weighted by atomic mass is 10.2. The van der Waals surface area contributed by atoms with Crippen LogP contribution in [0.25, 0.3) is 0 Å². The highest BCUT2D eigenvalue weighted by molar-refractivity contribution is 7.09. The molecule has 0 aliphatic rings. The Hall–Kier alpha value is -1.62. The van der Waals surface area contributed by atoms with Gasteiger partial charge in [-0.05, 0) is 18.4 Å². The van der Waals surface area contributed by atoms with E-state index in [1.54, 1.807) is 11.3 Å². The molecule has 0 aromatic carbocycles. The van der Waals surface area contributed by atoms with Crippen LogP contribution >= 0.6 is 11.3 Å². The lowest BCUT2D eigenvalue weighted by molar-refractivity contribution is 0.764. The molecule has 0 radical (unpaired) electrons. The number of nitrogens with one attached hydrogen (secondary N) is 1. The number of nitrogens with zero attached hydrogens (tertiary/aromatic N) is 3. The molecule has 0 amide bonds. The summed E-state index contributed by atoms with van der Waals surface area (Å²) in [5, 5.41) is 5.39. The maximum absolute atomic E-state index is 4.68. The smallest absolute Gasteiger partial charge is 0.135 e. The van der Waals surface area contributed by atoms with Gasteiger partial charge in [0.05, 0.1) is 6.54 Å². The van der Waals surface area contributed by atoms with Gasteiger partial charge in [-0.3, -0.25) is 0 Å². The molecule has 2 rings (SSSR count). The lowest BCUT2D eigenvalue weighted by Gasteiger charge is -2.19. The first-order valence-corrected chi connectivity index (χ1v) is 7.84. The average Bonchev–Trinajstić information content (AvgIpc) is 2.91. The maximum atomic E-state index is 4.68. The maximum Gasteiger partial charge on any atom is 0.135 e. The normalized spacial score (nSPS) is 10.8. The molecule has 2 aromatic rings. The molecule has 0 aliphatic heterocycles. The van der Waals surface area contributed by atoms with Crippen LogP contribution in [-0.2, 0) is 6.54 Å². The van der Waals surface area contributed by atoms with Gasteiger partial charge in [-0.2, -0.15) is 0 Å². The minimum atomic E-state index is 0.322. The Morgan fingerprint density at radius 1 is 1.35 bits per heavy atom. The molecular weight excluding hydrogens is 268 g/mol. The Kier molecular flexibility index (Phi) is 4.95. The Balaban J connectivity index is 2.24. The fraction of sp³-hybridized carbons (Fsp3) is 0.467. The molecule has 0 bridgehead atoms. The van der Waals surface area contributed by atoms with Crippen LogP contribution in [0.4, 0.5) is 11.6 Å². The fourth-order valence-electron chi connectivity index (χ4n) is 1.90. The average molecular weight is 290 g/mol. The van der Waals surface area contributed by atoms with Gasteiger partial charge in [0.15, 0.2) is 0 Å². The van der Waals surface area contributed by atoms with Crippen LogP contribution < -0.4 is 10.2 Å². The molecule has 0 saturated carbocycles. The molecular formula is C15H22N4S. The zero-order valence-corrected chi connectivity index (χ0v) is 13.4. The zero-order valence-electron chi connectivity index (χ0n) is 12.6.